The Morgan fingerprint density at radius 1 is 1.14 bits per heavy atom. The van der Waals surface area contributed by atoms with Crippen molar-refractivity contribution < 1.29 is 23.9 Å². The van der Waals surface area contributed by atoms with Crippen LogP contribution in [0.5, 0.6) is 0 Å². The van der Waals surface area contributed by atoms with E-state index in [9.17, 15) is 19.2 Å². The van der Waals surface area contributed by atoms with Gasteiger partial charge in [-0.25, -0.2) is 4.79 Å². The SMILES string of the molecule is CCc1ccccc1NC(=O)COC(=O)[C@H](C)N1C(=O)[C@@H]2[C@@H](C1=O)[C@H]1C=C[C@H]2C1. The Labute approximate surface area is 169 Å². The summed E-state index contributed by atoms with van der Waals surface area (Å²) in [5, 5.41) is 2.72. The van der Waals surface area contributed by atoms with Gasteiger partial charge in [0.15, 0.2) is 6.61 Å². The number of fused-ring (bicyclic) bond motifs is 5. The molecule has 2 bridgehead atoms. The fraction of sp³-hybridized carbons (Fsp3) is 0.455. The van der Waals surface area contributed by atoms with Gasteiger partial charge >= 0.3 is 5.97 Å². The smallest absolute Gasteiger partial charge is 0.329 e. The molecule has 29 heavy (non-hydrogen) atoms. The number of ether oxygens (including phenoxy) is 1. The molecule has 1 N–H and O–H groups in total. The second-order valence-electron chi connectivity index (χ2n) is 7.89. The summed E-state index contributed by atoms with van der Waals surface area (Å²) >= 11 is 0. The fourth-order valence-electron chi connectivity index (χ4n) is 4.81. The summed E-state index contributed by atoms with van der Waals surface area (Å²) in [6.07, 6.45) is 5.59. The molecule has 1 aromatic rings. The monoisotopic (exact) mass is 396 g/mol. The van der Waals surface area contributed by atoms with Crippen LogP contribution in [0.1, 0.15) is 25.8 Å². The van der Waals surface area contributed by atoms with Crippen molar-refractivity contribution in [3.05, 3.63) is 42.0 Å². The molecule has 4 rings (SSSR count). The number of hydrogen-bond donors (Lipinski definition) is 1. The third-order valence-corrected chi connectivity index (χ3v) is 6.25. The topological polar surface area (TPSA) is 92.8 Å². The molecule has 5 atom stereocenters. The standard InChI is InChI=1S/C22H24N2O5/c1-3-13-6-4-5-7-16(13)23-17(25)11-29-22(28)12(2)24-20(26)18-14-8-9-15(10-14)19(18)21(24)27/h4-9,12,14-15,18-19H,3,10-11H2,1-2H3,(H,23,25)/t12-,14-,15-,18-,19-/m0/s1. The molecule has 1 aromatic carbocycles. The Morgan fingerprint density at radius 2 is 1.76 bits per heavy atom. The minimum absolute atomic E-state index is 0.0825. The minimum atomic E-state index is -1.05. The summed E-state index contributed by atoms with van der Waals surface area (Å²) in [4.78, 5) is 51.2. The molecule has 7 heteroatoms. The number of benzene rings is 1. The van der Waals surface area contributed by atoms with Crippen LogP contribution in [0, 0.1) is 23.7 Å². The molecular formula is C22H24N2O5. The van der Waals surface area contributed by atoms with Gasteiger partial charge in [0.1, 0.15) is 6.04 Å². The number of carbonyl (C=O) groups excluding carboxylic acids is 4. The van der Waals surface area contributed by atoms with Crippen molar-refractivity contribution in [3.8, 4) is 0 Å². The molecule has 7 nitrogen and oxygen atoms in total. The zero-order valence-corrected chi connectivity index (χ0v) is 16.5. The molecule has 0 radical (unpaired) electrons. The maximum atomic E-state index is 12.8. The van der Waals surface area contributed by atoms with Crippen LogP contribution in [0.4, 0.5) is 5.69 Å². The summed E-state index contributed by atoms with van der Waals surface area (Å²) in [6, 6.07) is 6.34. The molecule has 1 aliphatic heterocycles. The Kier molecular flexibility index (Phi) is 4.98. The molecule has 1 heterocycles. The zero-order chi connectivity index (χ0) is 20.7. The molecule has 2 aliphatic carbocycles. The third kappa shape index (κ3) is 3.24. The van der Waals surface area contributed by atoms with Crippen LogP contribution in [0.25, 0.3) is 0 Å². The number of esters is 1. The average molecular weight is 396 g/mol. The van der Waals surface area contributed by atoms with E-state index in [1.54, 1.807) is 6.07 Å². The lowest BCUT2D eigenvalue weighted by atomic mass is 9.85. The van der Waals surface area contributed by atoms with Gasteiger partial charge in [-0.15, -0.1) is 0 Å². The quantitative estimate of drug-likeness (QED) is 0.451. The van der Waals surface area contributed by atoms with E-state index >= 15 is 0 Å². The molecule has 0 unspecified atom stereocenters. The van der Waals surface area contributed by atoms with Crippen LogP contribution in [0.3, 0.4) is 0 Å². The first kappa shape index (κ1) is 19.4. The first-order valence-corrected chi connectivity index (χ1v) is 10.0. The Morgan fingerprint density at radius 3 is 2.38 bits per heavy atom. The van der Waals surface area contributed by atoms with E-state index in [2.05, 4.69) is 5.32 Å². The summed E-state index contributed by atoms with van der Waals surface area (Å²) < 4.78 is 5.10. The Bertz CT molecular complexity index is 878. The van der Waals surface area contributed by atoms with Crippen LogP contribution in [-0.2, 0) is 30.3 Å². The number of hydrogen-bond acceptors (Lipinski definition) is 5. The van der Waals surface area contributed by atoms with Crippen molar-refractivity contribution in [1.29, 1.82) is 0 Å². The second kappa shape index (κ2) is 7.46. The number of nitrogens with one attached hydrogen (secondary N) is 1. The molecule has 0 aromatic heterocycles. The number of nitrogens with zero attached hydrogens (tertiary/aromatic N) is 1. The largest absolute Gasteiger partial charge is 0.454 e. The highest BCUT2D eigenvalue weighted by Gasteiger charge is 2.60. The van der Waals surface area contributed by atoms with Gasteiger partial charge in [0.2, 0.25) is 11.8 Å². The molecule has 0 spiro atoms. The van der Waals surface area contributed by atoms with E-state index in [0.717, 1.165) is 23.3 Å². The van der Waals surface area contributed by atoms with Crippen LogP contribution in [0.15, 0.2) is 36.4 Å². The normalized spacial score (nSPS) is 27.9. The molecule has 3 aliphatic rings. The van der Waals surface area contributed by atoms with Crippen molar-refractivity contribution in [2.24, 2.45) is 23.7 Å². The maximum absolute atomic E-state index is 12.8. The number of carbonyl (C=O) groups is 4. The van der Waals surface area contributed by atoms with Gasteiger partial charge < -0.3 is 10.1 Å². The van der Waals surface area contributed by atoms with Gasteiger partial charge in [-0.3, -0.25) is 19.3 Å². The first-order chi connectivity index (χ1) is 13.9. The molecule has 2 fully saturated rings. The zero-order valence-electron chi connectivity index (χ0n) is 16.5. The number of rotatable bonds is 6. The minimum Gasteiger partial charge on any atom is -0.454 e. The van der Waals surface area contributed by atoms with Gasteiger partial charge in [-0.05, 0) is 43.2 Å². The number of amides is 3. The van der Waals surface area contributed by atoms with Gasteiger partial charge in [0.25, 0.3) is 5.91 Å². The third-order valence-electron chi connectivity index (χ3n) is 6.25. The van der Waals surface area contributed by atoms with Crippen LogP contribution in [0.2, 0.25) is 0 Å². The molecule has 1 saturated heterocycles. The summed E-state index contributed by atoms with van der Waals surface area (Å²) in [5.41, 5.74) is 1.65. The molecular weight excluding hydrogens is 372 g/mol. The van der Waals surface area contributed by atoms with E-state index in [4.69, 9.17) is 4.74 Å². The summed E-state index contributed by atoms with van der Waals surface area (Å²) in [6.45, 7) is 2.98. The van der Waals surface area contributed by atoms with Gasteiger partial charge in [0.05, 0.1) is 11.8 Å². The van der Waals surface area contributed by atoms with Crippen LogP contribution >= 0.6 is 0 Å². The number of para-hydroxylation sites is 1. The van der Waals surface area contributed by atoms with Crippen LogP contribution in [-0.4, -0.2) is 41.2 Å². The lowest BCUT2D eigenvalue weighted by Gasteiger charge is -2.23. The molecule has 152 valence electrons. The van der Waals surface area contributed by atoms with Crippen LogP contribution < -0.4 is 5.32 Å². The lowest BCUT2D eigenvalue weighted by Crippen LogP contribution is -2.45. The highest BCUT2D eigenvalue weighted by molar-refractivity contribution is 6.09. The van der Waals surface area contributed by atoms with Gasteiger partial charge in [-0.1, -0.05) is 37.3 Å². The highest BCUT2D eigenvalue weighted by atomic mass is 16.5. The maximum Gasteiger partial charge on any atom is 0.329 e. The predicted molar refractivity (Wildman–Crippen MR) is 104 cm³/mol. The highest BCUT2D eigenvalue weighted by Crippen LogP contribution is 2.52. The number of imide groups is 1. The van der Waals surface area contributed by atoms with Gasteiger partial charge in [-0.2, -0.15) is 0 Å². The van der Waals surface area contributed by atoms with Crippen molar-refractivity contribution in [3.63, 3.8) is 0 Å². The lowest BCUT2D eigenvalue weighted by molar-refractivity contribution is -0.159. The fourth-order valence-corrected chi connectivity index (χ4v) is 4.81. The predicted octanol–water partition coefficient (Wildman–Crippen LogP) is 1.93. The van der Waals surface area contributed by atoms with E-state index in [1.807, 2.05) is 37.3 Å². The Balaban J connectivity index is 1.35. The van der Waals surface area contributed by atoms with Crippen molar-refractivity contribution in [1.82, 2.24) is 4.90 Å². The van der Waals surface area contributed by atoms with E-state index < -0.39 is 24.5 Å². The molecule has 1 saturated carbocycles. The van der Waals surface area contributed by atoms with Crippen molar-refractivity contribution in [2.45, 2.75) is 32.7 Å². The molecule has 3 amide bonds. The van der Waals surface area contributed by atoms with Crippen molar-refractivity contribution >= 4 is 29.4 Å². The Hall–Kier alpha value is -2.96. The van der Waals surface area contributed by atoms with Crippen molar-refractivity contribution in [2.75, 3.05) is 11.9 Å². The number of anilines is 1. The number of aryl methyl sites for hydroxylation is 1. The van der Waals surface area contributed by atoms with E-state index in [0.29, 0.717) is 5.69 Å². The average Bonchev–Trinajstić information content (AvgIpc) is 3.40. The second-order valence-corrected chi connectivity index (χ2v) is 7.89. The van der Waals surface area contributed by atoms with E-state index in [1.165, 1.54) is 6.92 Å². The summed E-state index contributed by atoms with van der Waals surface area (Å²) in [7, 11) is 0. The number of allylic oxidation sites excluding steroid dienone is 2. The van der Waals surface area contributed by atoms with E-state index in [-0.39, 0.29) is 35.5 Å². The first-order valence-electron chi connectivity index (χ1n) is 10.0. The summed E-state index contributed by atoms with van der Waals surface area (Å²) in [5.74, 6) is -2.39. The number of likely N-dealkylation sites (tertiary alicyclic amines) is 1. The van der Waals surface area contributed by atoms with Gasteiger partial charge in [0, 0.05) is 5.69 Å².